The SMILES string of the molecule is CCCCOC(=O)C1NC=C2C=C(I)CC(=O)C2=C1O. The van der Waals surface area contributed by atoms with E-state index in [1.807, 2.05) is 13.0 Å². The molecule has 20 heavy (non-hydrogen) atoms. The van der Waals surface area contributed by atoms with Crippen molar-refractivity contribution in [3.05, 3.63) is 32.8 Å². The van der Waals surface area contributed by atoms with Crippen LogP contribution in [0.2, 0.25) is 0 Å². The zero-order valence-corrected chi connectivity index (χ0v) is 13.3. The van der Waals surface area contributed by atoms with Crippen LogP contribution < -0.4 is 5.32 Å². The van der Waals surface area contributed by atoms with E-state index in [1.54, 1.807) is 6.20 Å². The van der Waals surface area contributed by atoms with Crippen LogP contribution in [0.15, 0.2) is 32.8 Å². The van der Waals surface area contributed by atoms with Crippen LogP contribution in [-0.4, -0.2) is 29.5 Å². The second-order valence-corrected chi connectivity index (χ2v) is 6.06. The zero-order valence-electron chi connectivity index (χ0n) is 11.1. The number of hydrogen-bond donors (Lipinski definition) is 2. The van der Waals surface area contributed by atoms with Crippen LogP contribution in [0, 0.1) is 0 Å². The summed E-state index contributed by atoms with van der Waals surface area (Å²) in [7, 11) is 0. The van der Waals surface area contributed by atoms with Crippen LogP contribution in [0.1, 0.15) is 26.2 Å². The summed E-state index contributed by atoms with van der Waals surface area (Å²) in [5.74, 6) is -0.974. The number of halogens is 1. The highest BCUT2D eigenvalue weighted by Crippen LogP contribution is 2.32. The van der Waals surface area contributed by atoms with Gasteiger partial charge in [-0.2, -0.15) is 0 Å². The Kier molecular flexibility index (Phi) is 4.85. The average Bonchev–Trinajstić information content (AvgIpc) is 2.38. The number of rotatable bonds is 4. The van der Waals surface area contributed by atoms with E-state index in [1.165, 1.54) is 0 Å². The minimum absolute atomic E-state index is 0.173. The van der Waals surface area contributed by atoms with Crippen molar-refractivity contribution in [1.29, 1.82) is 0 Å². The molecule has 0 fully saturated rings. The van der Waals surface area contributed by atoms with Crippen LogP contribution in [0.5, 0.6) is 0 Å². The highest BCUT2D eigenvalue weighted by atomic mass is 127. The number of unbranched alkanes of at least 4 members (excludes halogenated alkanes) is 1. The number of aliphatic hydroxyl groups excluding tert-OH is 1. The largest absolute Gasteiger partial charge is 0.509 e. The second-order valence-electron chi connectivity index (χ2n) is 4.67. The van der Waals surface area contributed by atoms with E-state index < -0.39 is 12.0 Å². The Hall–Kier alpha value is -1.31. The van der Waals surface area contributed by atoms with Gasteiger partial charge in [0.15, 0.2) is 11.8 Å². The Labute approximate surface area is 130 Å². The van der Waals surface area contributed by atoms with Crippen LogP contribution in [-0.2, 0) is 14.3 Å². The Morgan fingerprint density at radius 1 is 1.60 bits per heavy atom. The van der Waals surface area contributed by atoms with E-state index in [0.717, 1.165) is 16.4 Å². The molecule has 0 spiro atoms. The predicted molar refractivity (Wildman–Crippen MR) is 82.3 cm³/mol. The lowest BCUT2D eigenvalue weighted by molar-refractivity contribution is -0.145. The summed E-state index contributed by atoms with van der Waals surface area (Å²) < 4.78 is 5.98. The number of nitrogens with one attached hydrogen (secondary N) is 1. The Balaban J connectivity index is 2.18. The molecule has 1 aliphatic heterocycles. The molecule has 0 aromatic carbocycles. The topological polar surface area (TPSA) is 75.6 Å². The highest BCUT2D eigenvalue weighted by molar-refractivity contribution is 14.1. The second kappa shape index (κ2) is 6.43. The van der Waals surface area contributed by atoms with Gasteiger partial charge in [0.2, 0.25) is 0 Å². The molecule has 0 radical (unpaired) electrons. The van der Waals surface area contributed by atoms with Crippen molar-refractivity contribution < 1.29 is 19.4 Å². The third-order valence-electron chi connectivity index (χ3n) is 3.12. The van der Waals surface area contributed by atoms with E-state index in [2.05, 4.69) is 27.9 Å². The molecule has 0 saturated carbocycles. The first-order valence-electron chi connectivity index (χ1n) is 6.50. The molecule has 5 nitrogen and oxygen atoms in total. The summed E-state index contributed by atoms with van der Waals surface area (Å²) in [5, 5.41) is 13.0. The fourth-order valence-corrected chi connectivity index (χ4v) is 2.76. The van der Waals surface area contributed by atoms with Crippen molar-refractivity contribution in [2.45, 2.75) is 32.2 Å². The average molecular weight is 389 g/mol. The molecule has 1 heterocycles. The molecule has 1 atom stereocenters. The number of ether oxygens (including phenoxy) is 1. The normalized spacial score (nSPS) is 21.7. The smallest absolute Gasteiger partial charge is 0.336 e. The maximum Gasteiger partial charge on any atom is 0.336 e. The van der Waals surface area contributed by atoms with Gasteiger partial charge in [-0.3, -0.25) is 4.79 Å². The van der Waals surface area contributed by atoms with Crippen molar-refractivity contribution in [1.82, 2.24) is 5.32 Å². The number of allylic oxidation sites excluding steroid dienone is 4. The third-order valence-corrected chi connectivity index (χ3v) is 3.81. The summed E-state index contributed by atoms with van der Waals surface area (Å²) in [6, 6.07) is -0.987. The summed E-state index contributed by atoms with van der Waals surface area (Å²) in [6.07, 6.45) is 5.35. The van der Waals surface area contributed by atoms with Gasteiger partial charge in [-0.25, -0.2) is 4.79 Å². The van der Waals surface area contributed by atoms with Gasteiger partial charge in [0.25, 0.3) is 0 Å². The van der Waals surface area contributed by atoms with Gasteiger partial charge in [-0.05, 0) is 38.7 Å². The number of ketones is 1. The summed E-state index contributed by atoms with van der Waals surface area (Å²) in [5.41, 5.74) is 0.836. The first kappa shape index (κ1) is 15.1. The predicted octanol–water partition coefficient (Wildman–Crippen LogP) is 2.29. The van der Waals surface area contributed by atoms with E-state index >= 15 is 0 Å². The summed E-state index contributed by atoms with van der Waals surface area (Å²) >= 11 is 2.09. The molecule has 1 aliphatic carbocycles. The van der Waals surface area contributed by atoms with Crippen molar-refractivity contribution in [3.63, 3.8) is 0 Å². The van der Waals surface area contributed by atoms with Gasteiger partial charge in [0.05, 0.1) is 12.2 Å². The zero-order chi connectivity index (χ0) is 14.7. The fourth-order valence-electron chi connectivity index (χ4n) is 2.08. The number of dihydropyridines is 1. The molecular formula is C14H16INO4. The fraction of sp³-hybridized carbons (Fsp3) is 0.429. The minimum atomic E-state index is -0.987. The van der Waals surface area contributed by atoms with Crippen LogP contribution in [0.4, 0.5) is 0 Å². The number of carbonyl (C=O) groups is 2. The lowest BCUT2D eigenvalue weighted by Gasteiger charge is -2.26. The number of fused-ring (bicyclic) bond motifs is 1. The van der Waals surface area contributed by atoms with Crippen LogP contribution in [0.25, 0.3) is 0 Å². The number of hydrogen-bond acceptors (Lipinski definition) is 5. The number of esters is 1. The van der Waals surface area contributed by atoms with Gasteiger partial charge in [0.1, 0.15) is 5.76 Å². The molecule has 0 saturated heterocycles. The molecule has 2 aliphatic rings. The van der Waals surface area contributed by atoms with Crippen molar-refractivity contribution in [2.75, 3.05) is 6.61 Å². The molecule has 0 aromatic rings. The van der Waals surface area contributed by atoms with Crippen molar-refractivity contribution >= 4 is 34.3 Å². The molecule has 108 valence electrons. The first-order valence-corrected chi connectivity index (χ1v) is 7.58. The van der Waals surface area contributed by atoms with Gasteiger partial charge >= 0.3 is 5.97 Å². The Bertz CT molecular complexity index is 533. The van der Waals surface area contributed by atoms with Crippen molar-refractivity contribution in [2.24, 2.45) is 0 Å². The molecule has 0 bridgehead atoms. The third kappa shape index (κ3) is 3.05. The molecule has 1 unspecified atom stereocenters. The Morgan fingerprint density at radius 3 is 3.05 bits per heavy atom. The van der Waals surface area contributed by atoms with Crippen molar-refractivity contribution in [3.8, 4) is 0 Å². The summed E-state index contributed by atoms with van der Waals surface area (Å²) in [6.45, 7) is 2.31. The maximum absolute atomic E-state index is 12.0. The molecule has 2 N–H and O–H groups in total. The molecule has 0 amide bonds. The lowest BCUT2D eigenvalue weighted by Crippen LogP contribution is -2.41. The van der Waals surface area contributed by atoms with Gasteiger partial charge < -0.3 is 15.2 Å². The van der Waals surface area contributed by atoms with Gasteiger partial charge in [-0.1, -0.05) is 13.3 Å². The standard InChI is InChI=1S/C14H16INO4/c1-2-3-4-20-14(19)12-13(18)11-8(7-16-12)5-9(15)6-10(11)17/h5,7,12,16,18H,2-4,6H2,1H3. The van der Waals surface area contributed by atoms with E-state index in [9.17, 15) is 14.7 Å². The maximum atomic E-state index is 12.0. The number of carbonyl (C=O) groups excluding carboxylic acids is 2. The number of aliphatic hydroxyl groups is 1. The molecule has 2 rings (SSSR count). The van der Waals surface area contributed by atoms with E-state index in [-0.39, 0.29) is 23.5 Å². The van der Waals surface area contributed by atoms with E-state index in [0.29, 0.717) is 12.2 Å². The lowest BCUT2D eigenvalue weighted by atomic mass is 9.89. The number of Topliss-reactive ketones (excluding diaryl/α,β-unsaturated/α-hetero) is 1. The quantitative estimate of drug-likeness (QED) is 0.439. The van der Waals surface area contributed by atoms with Crippen LogP contribution >= 0.6 is 22.6 Å². The first-order chi connectivity index (χ1) is 9.54. The summed E-state index contributed by atoms with van der Waals surface area (Å²) in [4.78, 5) is 23.9. The molecule has 0 aromatic heterocycles. The minimum Gasteiger partial charge on any atom is -0.509 e. The van der Waals surface area contributed by atoms with Gasteiger partial charge in [-0.15, -0.1) is 0 Å². The van der Waals surface area contributed by atoms with E-state index in [4.69, 9.17) is 4.74 Å². The molecule has 6 heteroatoms. The molecular weight excluding hydrogens is 373 g/mol. The highest BCUT2D eigenvalue weighted by Gasteiger charge is 2.34. The van der Waals surface area contributed by atoms with Crippen LogP contribution in [0.3, 0.4) is 0 Å². The monoisotopic (exact) mass is 389 g/mol. The Morgan fingerprint density at radius 2 is 2.35 bits per heavy atom. The van der Waals surface area contributed by atoms with Gasteiger partial charge in [0, 0.05) is 18.2 Å².